The Morgan fingerprint density at radius 1 is 1.56 bits per heavy atom. The predicted molar refractivity (Wildman–Crippen MR) is 59.1 cm³/mol. The minimum absolute atomic E-state index is 0.294. The quantitative estimate of drug-likeness (QED) is 0.766. The Kier molecular flexibility index (Phi) is 4.70. The number of nitrogens with one attached hydrogen (secondary N) is 1. The minimum Gasteiger partial charge on any atom is -0.368 e. The Bertz CT molecular complexity index is 387. The number of likely N-dealkylation sites (N-methyl/N-ethyl adjacent to an activating group) is 1. The maximum absolute atomic E-state index is 13.2. The number of thioether (sulfide) groups is 1. The number of nitrogens with two attached hydrogens (primary N) is 1. The molecule has 1 aromatic rings. The van der Waals surface area contributed by atoms with E-state index < -0.39 is 23.6 Å². The van der Waals surface area contributed by atoms with Gasteiger partial charge in [0.25, 0.3) is 0 Å². The lowest BCUT2D eigenvalue weighted by atomic mass is 10.3. The Morgan fingerprint density at radius 3 is 2.75 bits per heavy atom. The summed E-state index contributed by atoms with van der Waals surface area (Å²) in [5, 5.41) is 2.71. The van der Waals surface area contributed by atoms with E-state index in [-0.39, 0.29) is 0 Å². The van der Waals surface area contributed by atoms with Crippen LogP contribution in [0.2, 0.25) is 0 Å². The standard InChI is InChI=1S/C10H12F2N2OS/c1-14-8(10(13)15)5-16-9-3-2-6(11)4-7(9)12/h2-4,8,14H,5H2,1H3,(H2,13,15). The summed E-state index contributed by atoms with van der Waals surface area (Å²) in [6, 6.07) is 2.78. The van der Waals surface area contributed by atoms with E-state index in [0.717, 1.165) is 17.8 Å². The molecule has 1 rings (SSSR count). The average Bonchev–Trinajstić information content (AvgIpc) is 2.21. The number of halogens is 2. The lowest BCUT2D eigenvalue weighted by Crippen LogP contribution is -2.41. The van der Waals surface area contributed by atoms with Crippen LogP contribution in [0.4, 0.5) is 8.78 Å². The van der Waals surface area contributed by atoms with Crippen LogP contribution < -0.4 is 11.1 Å². The summed E-state index contributed by atoms with van der Waals surface area (Å²) in [7, 11) is 1.59. The molecule has 6 heteroatoms. The van der Waals surface area contributed by atoms with Gasteiger partial charge in [-0.05, 0) is 19.2 Å². The molecule has 0 fully saturated rings. The normalized spacial score (nSPS) is 12.4. The number of carbonyl (C=O) groups is 1. The molecule has 1 unspecified atom stereocenters. The summed E-state index contributed by atoms with van der Waals surface area (Å²) in [4.78, 5) is 11.2. The number of benzene rings is 1. The Hall–Kier alpha value is -1.14. The Morgan fingerprint density at radius 2 is 2.25 bits per heavy atom. The predicted octanol–water partition coefficient (Wildman–Crippen LogP) is 1.13. The molecule has 0 spiro atoms. The molecular weight excluding hydrogens is 234 g/mol. The van der Waals surface area contributed by atoms with Gasteiger partial charge in [-0.2, -0.15) is 0 Å². The highest BCUT2D eigenvalue weighted by Gasteiger charge is 2.14. The van der Waals surface area contributed by atoms with Crippen LogP contribution in [0.1, 0.15) is 0 Å². The van der Waals surface area contributed by atoms with Crippen LogP contribution in [0.5, 0.6) is 0 Å². The van der Waals surface area contributed by atoms with Crippen LogP contribution in [0.15, 0.2) is 23.1 Å². The first kappa shape index (κ1) is 12.9. The lowest BCUT2D eigenvalue weighted by Gasteiger charge is -2.11. The second-order valence-electron chi connectivity index (χ2n) is 3.13. The molecule has 88 valence electrons. The van der Waals surface area contributed by atoms with Crippen molar-refractivity contribution in [1.29, 1.82) is 0 Å². The van der Waals surface area contributed by atoms with Crippen molar-refractivity contribution in [3.05, 3.63) is 29.8 Å². The molecule has 3 N–H and O–H groups in total. The van der Waals surface area contributed by atoms with Crippen molar-refractivity contribution >= 4 is 17.7 Å². The van der Waals surface area contributed by atoms with Crippen molar-refractivity contribution in [3.63, 3.8) is 0 Å². The van der Waals surface area contributed by atoms with E-state index >= 15 is 0 Å². The van der Waals surface area contributed by atoms with E-state index in [2.05, 4.69) is 5.32 Å². The van der Waals surface area contributed by atoms with Gasteiger partial charge >= 0.3 is 0 Å². The molecular formula is C10H12F2N2OS. The van der Waals surface area contributed by atoms with Gasteiger partial charge in [-0.1, -0.05) is 0 Å². The number of amides is 1. The second kappa shape index (κ2) is 5.81. The summed E-state index contributed by atoms with van der Waals surface area (Å²) in [5.41, 5.74) is 5.11. The first-order valence-electron chi connectivity index (χ1n) is 4.59. The van der Waals surface area contributed by atoms with Gasteiger partial charge in [0.15, 0.2) is 0 Å². The van der Waals surface area contributed by atoms with Gasteiger partial charge < -0.3 is 11.1 Å². The van der Waals surface area contributed by atoms with Crippen LogP contribution in [0, 0.1) is 11.6 Å². The fourth-order valence-electron chi connectivity index (χ4n) is 1.07. The van der Waals surface area contributed by atoms with Crippen LogP contribution in [0.25, 0.3) is 0 Å². The van der Waals surface area contributed by atoms with E-state index in [1.807, 2.05) is 0 Å². The van der Waals surface area contributed by atoms with Gasteiger partial charge in [-0.25, -0.2) is 8.78 Å². The highest BCUT2D eigenvalue weighted by atomic mass is 32.2. The van der Waals surface area contributed by atoms with Crippen LogP contribution in [0.3, 0.4) is 0 Å². The monoisotopic (exact) mass is 246 g/mol. The molecule has 0 aliphatic rings. The molecule has 0 aromatic heterocycles. The van der Waals surface area contributed by atoms with Crippen LogP contribution in [-0.2, 0) is 4.79 Å². The van der Waals surface area contributed by atoms with Gasteiger partial charge in [0.05, 0.1) is 6.04 Å². The largest absolute Gasteiger partial charge is 0.368 e. The Balaban J connectivity index is 2.63. The second-order valence-corrected chi connectivity index (χ2v) is 4.19. The first-order valence-corrected chi connectivity index (χ1v) is 5.57. The van der Waals surface area contributed by atoms with Crippen molar-refractivity contribution in [2.45, 2.75) is 10.9 Å². The SMILES string of the molecule is CNC(CSc1ccc(F)cc1F)C(N)=O. The number of rotatable bonds is 5. The summed E-state index contributed by atoms with van der Waals surface area (Å²) in [6.07, 6.45) is 0. The zero-order chi connectivity index (χ0) is 12.1. The van der Waals surface area contributed by atoms with Crippen molar-refractivity contribution in [1.82, 2.24) is 5.32 Å². The zero-order valence-electron chi connectivity index (χ0n) is 8.67. The van der Waals surface area contributed by atoms with Gasteiger partial charge in [0.2, 0.25) is 5.91 Å². The number of primary amides is 1. The van der Waals surface area contributed by atoms with Gasteiger partial charge in [-0.3, -0.25) is 4.79 Å². The minimum atomic E-state index is -0.635. The number of hydrogen-bond donors (Lipinski definition) is 2. The average molecular weight is 246 g/mol. The maximum atomic E-state index is 13.2. The molecule has 1 amide bonds. The Labute approximate surface area is 96.4 Å². The van der Waals surface area contributed by atoms with Crippen LogP contribution >= 0.6 is 11.8 Å². The number of hydrogen-bond acceptors (Lipinski definition) is 3. The van der Waals surface area contributed by atoms with E-state index in [9.17, 15) is 13.6 Å². The molecule has 0 saturated carbocycles. The van der Waals surface area contributed by atoms with Crippen molar-refractivity contribution in [2.75, 3.05) is 12.8 Å². The molecule has 0 heterocycles. The van der Waals surface area contributed by atoms with Crippen LogP contribution in [-0.4, -0.2) is 24.7 Å². The van der Waals surface area contributed by atoms with Crippen molar-refractivity contribution in [3.8, 4) is 0 Å². The van der Waals surface area contributed by atoms with Gasteiger partial charge in [-0.15, -0.1) is 11.8 Å². The first-order chi connectivity index (χ1) is 7.54. The summed E-state index contributed by atoms with van der Waals surface area (Å²) < 4.78 is 25.8. The fraction of sp³-hybridized carbons (Fsp3) is 0.300. The highest BCUT2D eigenvalue weighted by Crippen LogP contribution is 2.22. The van der Waals surface area contributed by atoms with Gasteiger partial charge in [0.1, 0.15) is 11.6 Å². The molecule has 16 heavy (non-hydrogen) atoms. The summed E-state index contributed by atoms with van der Waals surface area (Å²) in [6.45, 7) is 0. The molecule has 1 atom stereocenters. The van der Waals surface area contributed by atoms with E-state index in [1.165, 1.54) is 12.1 Å². The molecule has 0 aliphatic carbocycles. The lowest BCUT2D eigenvalue weighted by molar-refractivity contribution is -0.119. The zero-order valence-corrected chi connectivity index (χ0v) is 9.48. The molecule has 0 aliphatic heterocycles. The molecule has 1 aromatic carbocycles. The molecule has 0 bridgehead atoms. The third kappa shape index (κ3) is 3.46. The third-order valence-electron chi connectivity index (χ3n) is 1.99. The molecule has 0 saturated heterocycles. The smallest absolute Gasteiger partial charge is 0.235 e. The van der Waals surface area contributed by atoms with E-state index in [0.29, 0.717) is 10.6 Å². The summed E-state index contributed by atoms with van der Waals surface area (Å²) in [5.74, 6) is -1.46. The van der Waals surface area contributed by atoms with E-state index in [1.54, 1.807) is 7.05 Å². The number of carbonyl (C=O) groups excluding carboxylic acids is 1. The fourth-order valence-corrected chi connectivity index (χ4v) is 2.11. The maximum Gasteiger partial charge on any atom is 0.235 e. The molecule has 3 nitrogen and oxygen atoms in total. The third-order valence-corrected chi connectivity index (χ3v) is 3.13. The van der Waals surface area contributed by atoms with Crippen molar-refractivity contribution < 1.29 is 13.6 Å². The van der Waals surface area contributed by atoms with Gasteiger partial charge in [0, 0.05) is 16.7 Å². The topological polar surface area (TPSA) is 55.1 Å². The van der Waals surface area contributed by atoms with Crippen molar-refractivity contribution in [2.24, 2.45) is 5.73 Å². The molecule has 0 radical (unpaired) electrons. The summed E-state index contributed by atoms with van der Waals surface area (Å²) >= 11 is 1.11. The van der Waals surface area contributed by atoms with E-state index in [4.69, 9.17) is 5.73 Å². The highest BCUT2D eigenvalue weighted by molar-refractivity contribution is 7.99.